The van der Waals surface area contributed by atoms with Crippen molar-refractivity contribution < 1.29 is 5.11 Å². The third kappa shape index (κ3) is 11.6. The second-order valence-corrected chi connectivity index (χ2v) is 7.89. The Hall–Kier alpha value is -0.0800. The maximum Gasteiger partial charge on any atom is 0.191 e. The van der Waals surface area contributed by atoms with Crippen molar-refractivity contribution in [1.29, 1.82) is 0 Å². The van der Waals surface area contributed by atoms with E-state index < -0.39 is 0 Å². The largest absolute Gasteiger partial charge is 0.396 e. The van der Waals surface area contributed by atoms with Crippen LogP contribution in [0.2, 0.25) is 0 Å². The van der Waals surface area contributed by atoms with E-state index >= 15 is 0 Å². The molecule has 0 bridgehead atoms. The van der Waals surface area contributed by atoms with Gasteiger partial charge in [0.15, 0.2) is 5.96 Å². The number of likely N-dealkylation sites (tertiary alicyclic amines) is 1. The number of aliphatic imine (C=N–C) groups is 1. The number of hydrogen-bond acceptors (Lipinski definition) is 3. The summed E-state index contributed by atoms with van der Waals surface area (Å²) in [6.45, 7) is 14.2. The number of guanidine groups is 1. The molecule has 5 nitrogen and oxygen atoms in total. The molecule has 1 aliphatic rings. The summed E-state index contributed by atoms with van der Waals surface area (Å²) in [5.74, 6) is 2.03. The van der Waals surface area contributed by atoms with Crippen LogP contribution < -0.4 is 10.6 Å². The molecule has 0 spiro atoms. The molecule has 0 aromatic heterocycles. The van der Waals surface area contributed by atoms with Crippen LogP contribution in [0.1, 0.15) is 66.2 Å². The van der Waals surface area contributed by atoms with E-state index in [9.17, 15) is 5.11 Å². The lowest BCUT2D eigenvalue weighted by molar-refractivity contribution is 0.159. The molecule has 0 aromatic carbocycles. The second-order valence-electron chi connectivity index (χ2n) is 7.89. The van der Waals surface area contributed by atoms with Gasteiger partial charge in [-0.1, -0.05) is 20.3 Å². The van der Waals surface area contributed by atoms with Gasteiger partial charge in [0.25, 0.3) is 0 Å². The summed E-state index contributed by atoms with van der Waals surface area (Å²) < 4.78 is 0. The van der Waals surface area contributed by atoms with E-state index in [0.717, 1.165) is 50.9 Å². The fourth-order valence-electron chi connectivity index (χ4n) is 3.67. The van der Waals surface area contributed by atoms with Crippen molar-refractivity contribution in [3.63, 3.8) is 0 Å². The average Bonchev–Trinajstić information content (AvgIpc) is 2.57. The zero-order valence-electron chi connectivity index (χ0n) is 17.5. The fourth-order valence-corrected chi connectivity index (χ4v) is 3.67. The van der Waals surface area contributed by atoms with Crippen molar-refractivity contribution in [3.8, 4) is 0 Å². The number of piperidine rings is 1. The Kier molecular flexibility index (Phi) is 15.9. The molecule has 156 valence electrons. The smallest absolute Gasteiger partial charge is 0.191 e. The normalized spacial score (nSPS) is 19.9. The topological polar surface area (TPSA) is 59.9 Å². The Labute approximate surface area is 178 Å². The molecule has 0 aliphatic carbocycles. The number of halogens is 1. The minimum Gasteiger partial charge on any atom is -0.396 e. The summed E-state index contributed by atoms with van der Waals surface area (Å²) in [7, 11) is 0. The first-order valence-corrected chi connectivity index (χ1v) is 10.4. The molecule has 2 unspecified atom stereocenters. The molecular formula is C20H43IN4O. The molecule has 3 N–H and O–H groups in total. The predicted octanol–water partition coefficient (Wildman–Crippen LogP) is 3.47. The van der Waals surface area contributed by atoms with Crippen molar-refractivity contribution >= 4 is 29.9 Å². The molecule has 0 aromatic rings. The predicted molar refractivity (Wildman–Crippen MR) is 124 cm³/mol. The zero-order chi connectivity index (χ0) is 18.5. The monoisotopic (exact) mass is 482 g/mol. The van der Waals surface area contributed by atoms with Gasteiger partial charge in [0, 0.05) is 38.8 Å². The van der Waals surface area contributed by atoms with Crippen molar-refractivity contribution in [2.24, 2.45) is 16.8 Å². The quantitative estimate of drug-likeness (QED) is 0.183. The maximum atomic E-state index is 9.25. The fraction of sp³-hybridized carbons (Fsp3) is 0.950. The molecule has 1 saturated heterocycles. The number of aliphatic hydroxyl groups excluding tert-OH is 1. The first-order chi connectivity index (χ1) is 12.1. The van der Waals surface area contributed by atoms with Crippen LogP contribution in [-0.2, 0) is 0 Å². The average molecular weight is 482 g/mol. The third-order valence-electron chi connectivity index (χ3n) is 5.05. The summed E-state index contributed by atoms with van der Waals surface area (Å²) in [5, 5.41) is 16.1. The van der Waals surface area contributed by atoms with E-state index in [-0.39, 0.29) is 30.6 Å². The van der Waals surface area contributed by atoms with E-state index in [0.29, 0.717) is 11.8 Å². The SMILES string of the molecule is CCNC(=NCC(CCO)CC(C)C)NCCCN1CCCCC1C.I. The van der Waals surface area contributed by atoms with Crippen LogP contribution in [0.3, 0.4) is 0 Å². The summed E-state index contributed by atoms with van der Waals surface area (Å²) in [5.41, 5.74) is 0. The molecule has 1 rings (SSSR count). The van der Waals surface area contributed by atoms with Crippen LogP contribution in [0.4, 0.5) is 0 Å². The van der Waals surface area contributed by atoms with E-state index in [1.165, 1.54) is 32.4 Å². The summed E-state index contributed by atoms with van der Waals surface area (Å²) in [6, 6.07) is 0.742. The molecule has 6 heteroatoms. The van der Waals surface area contributed by atoms with E-state index in [4.69, 9.17) is 4.99 Å². The van der Waals surface area contributed by atoms with Gasteiger partial charge < -0.3 is 20.6 Å². The Morgan fingerprint density at radius 3 is 2.65 bits per heavy atom. The lowest BCUT2D eigenvalue weighted by atomic mass is 9.94. The molecular weight excluding hydrogens is 439 g/mol. The Bertz CT molecular complexity index is 366. The summed E-state index contributed by atoms with van der Waals surface area (Å²) >= 11 is 0. The van der Waals surface area contributed by atoms with Crippen molar-refractivity contribution in [2.45, 2.75) is 72.3 Å². The minimum absolute atomic E-state index is 0. The van der Waals surface area contributed by atoms with Crippen LogP contribution in [-0.4, -0.2) is 61.3 Å². The van der Waals surface area contributed by atoms with E-state index in [2.05, 4.69) is 43.2 Å². The van der Waals surface area contributed by atoms with Crippen LogP contribution in [0.5, 0.6) is 0 Å². The Morgan fingerprint density at radius 2 is 2.04 bits per heavy atom. The van der Waals surface area contributed by atoms with E-state index in [1.807, 2.05) is 0 Å². The number of aliphatic hydroxyl groups is 1. The highest BCUT2D eigenvalue weighted by Gasteiger charge is 2.17. The van der Waals surface area contributed by atoms with Gasteiger partial charge in [0.05, 0.1) is 0 Å². The lowest BCUT2D eigenvalue weighted by Crippen LogP contribution is -2.41. The molecule has 1 aliphatic heterocycles. The van der Waals surface area contributed by atoms with Crippen LogP contribution in [0.15, 0.2) is 4.99 Å². The molecule has 26 heavy (non-hydrogen) atoms. The third-order valence-corrected chi connectivity index (χ3v) is 5.05. The van der Waals surface area contributed by atoms with Gasteiger partial charge in [-0.15, -0.1) is 24.0 Å². The Balaban J connectivity index is 0.00000625. The van der Waals surface area contributed by atoms with Crippen molar-refractivity contribution in [1.82, 2.24) is 15.5 Å². The van der Waals surface area contributed by atoms with Gasteiger partial charge in [0.1, 0.15) is 0 Å². The first kappa shape index (κ1) is 25.9. The van der Waals surface area contributed by atoms with Gasteiger partial charge in [-0.3, -0.25) is 4.99 Å². The Morgan fingerprint density at radius 1 is 1.27 bits per heavy atom. The highest BCUT2D eigenvalue weighted by Crippen LogP contribution is 2.16. The van der Waals surface area contributed by atoms with Crippen molar-refractivity contribution in [2.75, 3.05) is 39.3 Å². The van der Waals surface area contributed by atoms with Crippen LogP contribution >= 0.6 is 24.0 Å². The van der Waals surface area contributed by atoms with Crippen molar-refractivity contribution in [3.05, 3.63) is 0 Å². The number of nitrogens with zero attached hydrogens (tertiary/aromatic N) is 2. The summed E-state index contributed by atoms with van der Waals surface area (Å²) in [4.78, 5) is 7.37. The lowest BCUT2D eigenvalue weighted by Gasteiger charge is -2.33. The highest BCUT2D eigenvalue weighted by molar-refractivity contribution is 14.0. The number of hydrogen-bond donors (Lipinski definition) is 3. The molecule has 2 atom stereocenters. The van der Waals surface area contributed by atoms with Gasteiger partial charge in [-0.25, -0.2) is 0 Å². The van der Waals surface area contributed by atoms with Gasteiger partial charge in [-0.2, -0.15) is 0 Å². The van der Waals surface area contributed by atoms with E-state index in [1.54, 1.807) is 0 Å². The molecule has 1 heterocycles. The zero-order valence-corrected chi connectivity index (χ0v) is 19.8. The van der Waals surface area contributed by atoms with Crippen LogP contribution in [0, 0.1) is 11.8 Å². The summed E-state index contributed by atoms with van der Waals surface area (Å²) in [6.07, 6.45) is 7.20. The molecule has 1 fully saturated rings. The molecule has 0 radical (unpaired) electrons. The van der Waals surface area contributed by atoms with Gasteiger partial charge in [-0.05, 0) is 64.3 Å². The minimum atomic E-state index is 0. The second kappa shape index (κ2) is 15.9. The molecule has 0 amide bonds. The maximum absolute atomic E-state index is 9.25. The number of rotatable bonds is 11. The standard InChI is InChI=1S/C20H42N4O.HI/c1-5-21-20(23-16-19(10-14-25)15-17(2)3)22-11-8-13-24-12-7-6-9-18(24)4;/h17-19,25H,5-16H2,1-4H3,(H2,21,22,23);1H. The number of nitrogens with one attached hydrogen (secondary N) is 2. The van der Waals surface area contributed by atoms with Crippen LogP contribution in [0.25, 0.3) is 0 Å². The van der Waals surface area contributed by atoms with Gasteiger partial charge >= 0.3 is 0 Å². The molecule has 0 saturated carbocycles. The highest BCUT2D eigenvalue weighted by atomic mass is 127. The first-order valence-electron chi connectivity index (χ1n) is 10.4. The van der Waals surface area contributed by atoms with Gasteiger partial charge in [0.2, 0.25) is 0 Å².